The normalized spacial score (nSPS) is 14.1. The number of hydrogen-bond donors (Lipinski definition) is 2. The number of amides is 2. The molecule has 0 aliphatic rings. The average molecular weight is 539 g/mol. The minimum atomic E-state index is -4.76. The van der Waals surface area contributed by atoms with Crippen LogP contribution in [0, 0.1) is 17.6 Å². The zero-order chi connectivity index (χ0) is 27.9. The van der Waals surface area contributed by atoms with Gasteiger partial charge in [-0.1, -0.05) is 13.0 Å². The van der Waals surface area contributed by atoms with Crippen LogP contribution in [0.3, 0.4) is 0 Å². The Morgan fingerprint density at radius 3 is 2.38 bits per heavy atom. The van der Waals surface area contributed by atoms with Gasteiger partial charge in [-0.3, -0.25) is 14.6 Å². The zero-order valence-corrected chi connectivity index (χ0v) is 19.8. The molecule has 0 spiro atoms. The average Bonchev–Trinajstić information content (AvgIpc) is 2.81. The third-order valence-electron chi connectivity index (χ3n) is 5.23. The zero-order valence-electron chi connectivity index (χ0n) is 19.8. The Bertz CT molecular complexity index is 1100. The van der Waals surface area contributed by atoms with Crippen LogP contribution in [0.25, 0.3) is 0 Å². The van der Waals surface area contributed by atoms with Crippen LogP contribution < -0.4 is 15.4 Å². The summed E-state index contributed by atoms with van der Waals surface area (Å²) in [5, 5.41) is 4.70. The van der Waals surface area contributed by atoms with Gasteiger partial charge in [-0.2, -0.15) is 26.3 Å². The molecular weight excluding hydrogens is 515 g/mol. The maximum Gasteiger partial charge on any atom is 0.389 e. The van der Waals surface area contributed by atoms with Gasteiger partial charge in [-0.05, 0) is 31.0 Å². The quantitative estimate of drug-likeness (QED) is 0.391. The molecule has 2 amide bonds. The van der Waals surface area contributed by atoms with Crippen LogP contribution in [0.5, 0.6) is 5.75 Å². The lowest BCUT2D eigenvalue weighted by atomic mass is 9.79. The molecular formula is C23H24F7N3O4. The Labute approximate surface area is 207 Å². The van der Waals surface area contributed by atoms with Crippen LogP contribution in [0.1, 0.15) is 42.2 Å². The van der Waals surface area contributed by atoms with Gasteiger partial charge in [0.1, 0.15) is 11.8 Å². The number of anilines is 1. The molecule has 1 unspecified atom stereocenters. The minimum absolute atomic E-state index is 0.0138. The lowest BCUT2D eigenvalue weighted by molar-refractivity contribution is -0.151. The highest BCUT2D eigenvalue weighted by Crippen LogP contribution is 2.43. The van der Waals surface area contributed by atoms with Crippen LogP contribution in [0.4, 0.5) is 36.4 Å². The van der Waals surface area contributed by atoms with Gasteiger partial charge in [0, 0.05) is 43.4 Å². The van der Waals surface area contributed by atoms with Gasteiger partial charge in [-0.25, -0.2) is 4.39 Å². The van der Waals surface area contributed by atoms with Crippen molar-refractivity contribution in [3.8, 4) is 5.75 Å². The summed E-state index contributed by atoms with van der Waals surface area (Å²) in [5.74, 6) is -9.68. The Morgan fingerprint density at radius 2 is 1.81 bits per heavy atom. The van der Waals surface area contributed by atoms with E-state index in [1.54, 1.807) is 0 Å². The van der Waals surface area contributed by atoms with Crippen molar-refractivity contribution in [2.75, 3.05) is 19.0 Å². The number of benzene rings is 1. The number of hydrogen-bond acceptors (Lipinski definition) is 5. The molecule has 3 atom stereocenters. The van der Waals surface area contributed by atoms with E-state index in [0.29, 0.717) is 6.07 Å². The van der Waals surface area contributed by atoms with Crippen LogP contribution in [-0.4, -0.2) is 49.3 Å². The lowest BCUT2D eigenvalue weighted by Crippen LogP contribution is -2.40. The van der Waals surface area contributed by atoms with E-state index >= 15 is 0 Å². The predicted molar refractivity (Wildman–Crippen MR) is 117 cm³/mol. The van der Waals surface area contributed by atoms with Crippen LogP contribution >= 0.6 is 0 Å². The molecule has 204 valence electrons. The van der Waals surface area contributed by atoms with E-state index in [1.807, 2.05) is 0 Å². The Balaban J connectivity index is 2.61. The summed E-state index contributed by atoms with van der Waals surface area (Å²) in [4.78, 5) is 28.9. The van der Waals surface area contributed by atoms with Crippen molar-refractivity contribution in [2.24, 2.45) is 5.92 Å². The highest BCUT2D eigenvalue weighted by Gasteiger charge is 2.42. The second-order valence-electron chi connectivity index (χ2n) is 7.85. The number of carbonyl (C=O) groups excluding carboxylic acids is 2. The van der Waals surface area contributed by atoms with E-state index in [1.165, 1.54) is 32.3 Å². The third kappa shape index (κ3) is 8.03. The first kappa shape index (κ1) is 29.8. The van der Waals surface area contributed by atoms with E-state index in [2.05, 4.69) is 20.4 Å². The van der Waals surface area contributed by atoms with E-state index in [0.717, 1.165) is 13.0 Å². The minimum Gasteiger partial charge on any atom is -0.431 e. The summed E-state index contributed by atoms with van der Waals surface area (Å²) in [5.41, 5.74) is -0.700. The number of carbonyl (C=O) groups is 2. The Hall–Kier alpha value is -3.42. The van der Waals surface area contributed by atoms with Gasteiger partial charge in [0.25, 0.3) is 11.8 Å². The highest BCUT2D eigenvalue weighted by atomic mass is 19.4. The van der Waals surface area contributed by atoms with Gasteiger partial charge >= 0.3 is 12.8 Å². The molecule has 0 aliphatic heterocycles. The number of nitrogens with zero attached hydrogens (tertiary/aromatic N) is 1. The first-order chi connectivity index (χ1) is 17.3. The summed E-state index contributed by atoms with van der Waals surface area (Å²) in [6.07, 6.45) is -6.90. The summed E-state index contributed by atoms with van der Waals surface area (Å²) >= 11 is 0. The summed E-state index contributed by atoms with van der Waals surface area (Å²) < 4.78 is 104. The summed E-state index contributed by atoms with van der Waals surface area (Å²) in [6.45, 7) is -1.39. The number of nitrogens with one attached hydrogen (secondary N) is 2. The van der Waals surface area contributed by atoms with Crippen molar-refractivity contribution in [3.05, 3.63) is 53.4 Å². The smallest absolute Gasteiger partial charge is 0.389 e. The first-order valence-corrected chi connectivity index (χ1v) is 10.9. The van der Waals surface area contributed by atoms with Crippen LogP contribution in [0.15, 0.2) is 30.5 Å². The molecule has 0 saturated heterocycles. The van der Waals surface area contributed by atoms with Crippen molar-refractivity contribution >= 4 is 17.5 Å². The molecule has 1 aromatic heterocycles. The number of ether oxygens (including phenoxy) is 2. The molecule has 1 heterocycles. The molecule has 0 fully saturated rings. The fourth-order valence-corrected chi connectivity index (χ4v) is 3.77. The SMILES string of the molecule is CCOC(C(=O)Nc1ccnc(C(=O)NC)c1)[C@H](c1ccc(F)c(F)c1OC(F)F)[C@H](C)CC(F)(F)F. The summed E-state index contributed by atoms with van der Waals surface area (Å²) in [6, 6.07) is 3.75. The number of aromatic nitrogens is 1. The first-order valence-electron chi connectivity index (χ1n) is 10.9. The second-order valence-corrected chi connectivity index (χ2v) is 7.85. The lowest BCUT2D eigenvalue weighted by Gasteiger charge is -2.33. The molecule has 2 N–H and O–H groups in total. The fourth-order valence-electron chi connectivity index (χ4n) is 3.77. The van der Waals surface area contributed by atoms with Crippen LogP contribution in [0.2, 0.25) is 0 Å². The Kier molecular flexibility index (Phi) is 10.2. The Morgan fingerprint density at radius 1 is 1.14 bits per heavy atom. The topological polar surface area (TPSA) is 89.5 Å². The maximum absolute atomic E-state index is 14.5. The fraction of sp³-hybridized carbons (Fsp3) is 0.435. The highest BCUT2D eigenvalue weighted by molar-refractivity contribution is 5.97. The van der Waals surface area contributed by atoms with Gasteiger partial charge in [0.05, 0.1) is 0 Å². The van der Waals surface area contributed by atoms with Crippen LogP contribution in [-0.2, 0) is 9.53 Å². The van der Waals surface area contributed by atoms with E-state index in [4.69, 9.17) is 4.74 Å². The molecule has 0 bridgehead atoms. The number of rotatable bonds is 11. The van der Waals surface area contributed by atoms with Crippen molar-refractivity contribution in [1.29, 1.82) is 0 Å². The van der Waals surface area contributed by atoms with E-state index < -0.39 is 71.9 Å². The van der Waals surface area contributed by atoms with Gasteiger partial charge in [-0.15, -0.1) is 0 Å². The van der Waals surface area contributed by atoms with Crippen molar-refractivity contribution in [3.63, 3.8) is 0 Å². The number of alkyl halides is 5. The molecule has 7 nitrogen and oxygen atoms in total. The van der Waals surface area contributed by atoms with Gasteiger partial charge in [0.15, 0.2) is 11.6 Å². The summed E-state index contributed by atoms with van der Waals surface area (Å²) in [7, 11) is 1.34. The molecule has 0 saturated carbocycles. The van der Waals surface area contributed by atoms with Crippen molar-refractivity contribution < 1.29 is 49.8 Å². The number of halogens is 7. The standard InChI is InChI=1S/C23H24F7N3O4/c1-4-36-19(21(35)33-12-7-8-32-15(9-12)20(34)31-3)16(11(2)10-23(28,29)30)13-5-6-14(24)17(25)18(13)37-22(26)27/h5-9,11,16,19,22H,4,10H2,1-3H3,(H,31,34)(H,32,33,35)/t11-,16+,19?/m1/s1. The van der Waals surface area contributed by atoms with Gasteiger partial charge in [0.2, 0.25) is 5.82 Å². The molecule has 0 radical (unpaired) electrons. The van der Waals surface area contributed by atoms with Crippen molar-refractivity contribution in [2.45, 2.75) is 45.1 Å². The number of pyridine rings is 1. The largest absolute Gasteiger partial charge is 0.431 e. The maximum atomic E-state index is 14.5. The van der Waals surface area contributed by atoms with Crippen molar-refractivity contribution in [1.82, 2.24) is 10.3 Å². The molecule has 0 aliphatic carbocycles. The van der Waals surface area contributed by atoms with Gasteiger partial charge < -0.3 is 20.1 Å². The molecule has 14 heteroatoms. The van der Waals surface area contributed by atoms with E-state index in [-0.39, 0.29) is 18.0 Å². The third-order valence-corrected chi connectivity index (χ3v) is 5.23. The van der Waals surface area contributed by atoms with E-state index in [9.17, 15) is 40.3 Å². The molecule has 37 heavy (non-hydrogen) atoms. The monoisotopic (exact) mass is 539 g/mol. The molecule has 2 rings (SSSR count). The second kappa shape index (κ2) is 12.7. The predicted octanol–water partition coefficient (Wildman–Crippen LogP) is 5.04. The molecule has 2 aromatic rings. The molecule has 1 aromatic carbocycles.